The summed E-state index contributed by atoms with van der Waals surface area (Å²) in [4.78, 5) is 0. The SMILES string of the molecule is Cn1cc(C2C(N)C2(C)C)c(C(C)(C)C)n1. The number of hydrogen-bond donors (Lipinski definition) is 1. The number of rotatable bonds is 1. The quantitative estimate of drug-likeness (QED) is 0.790. The van der Waals surface area contributed by atoms with Gasteiger partial charge in [0.25, 0.3) is 0 Å². The van der Waals surface area contributed by atoms with E-state index in [1.807, 2.05) is 11.7 Å². The molecule has 3 nitrogen and oxygen atoms in total. The predicted molar refractivity (Wildman–Crippen MR) is 66.4 cm³/mol. The molecule has 90 valence electrons. The molecule has 1 fully saturated rings. The Balaban J connectivity index is 2.43. The van der Waals surface area contributed by atoms with Gasteiger partial charge in [-0.15, -0.1) is 0 Å². The molecule has 1 heterocycles. The lowest BCUT2D eigenvalue weighted by Crippen LogP contribution is -2.15. The molecular weight excluding hydrogens is 198 g/mol. The topological polar surface area (TPSA) is 43.8 Å². The molecule has 0 radical (unpaired) electrons. The lowest BCUT2D eigenvalue weighted by atomic mass is 9.87. The van der Waals surface area contributed by atoms with E-state index in [0.717, 1.165) is 0 Å². The predicted octanol–water partition coefficient (Wildman–Crippen LogP) is 2.17. The molecular formula is C13H23N3. The van der Waals surface area contributed by atoms with Gasteiger partial charge in [0.1, 0.15) is 0 Å². The van der Waals surface area contributed by atoms with E-state index >= 15 is 0 Å². The summed E-state index contributed by atoms with van der Waals surface area (Å²) >= 11 is 0. The number of nitrogens with zero attached hydrogens (tertiary/aromatic N) is 2. The van der Waals surface area contributed by atoms with Gasteiger partial charge in [-0.25, -0.2) is 0 Å². The number of aryl methyl sites for hydroxylation is 1. The van der Waals surface area contributed by atoms with Crippen LogP contribution in [0.1, 0.15) is 51.8 Å². The van der Waals surface area contributed by atoms with E-state index in [1.165, 1.54) is 11.3 Å². The summed E-state index contributed by atoms with van der Waals surface area (Å²) in [5, 5.41) is 4.60. The molecule has 2 unspecified atom stereocenters. The minimum atomic E-state index is 0.0922. The lowest BCUT2D eigenvalue weighted by Gasteiger charge is -2.17. The van der Waals surface area contributed by atoms with E-state index < -0.39 is 0 Å². The first-order chi connectivity index (χ1) is 7.15. The van der Waals surface area contributed by atoms with Crippen LogP contribution in [-0.4, -0.2) is 15.8 Å². The Hall–Kier alpha value is -0.830. The highest BCUT2D eigenvalue weighted by Gasteiger charge is 2.57. The van der Waals surface area contributed by atoms with Crippen LogP contribution in [-0.2, 0) is 12.5 Å². The maximum atomic E-state index is 6.16. The van der Waals surface area contributed by atoms with Crippen molar-refractivity contribution in [3.05, 3.63) is 17.5 Å². The highest BCUT2D eigenvalue weighted by molar-refractivity contribution is 5.38. The van der Waals surface area contributed by atoms with E-state index in [0.29, 0.717) is 5.92 Å². The Bertz CT molecular complexity index is 409. The minimum absolute atomic E-state index is 0.0922. The molecule has 0 spiro atoms. The average molecular weight is 221 g/mol. The molecule has 0 saturated heterocycles. The second kappa shape index (κ2) is 3.10. The third kappa shape index (κ3) is 1.58. The molecule has 2 N–H and O–H groups in total. The number of hydrogen-bond acceptors (Lipinski definition) is 2. The molecule has 0 aliphatic heterocycles. The van der Waals surface area contributed by atoms with Gasteiger partial charge in [-0.1, -0.05) is 34.6 Å². The second-order valence-electron chi connectivity index (χ2n) is 6.68. The molecule has 1 aromatic rings. The van der Waals surface area contributed by atoms with Gasteiger partial charge in [0.15, 0.2) is 0 Å². The fraction of sp³-hybridized carbons (Fsp3) is 0.769. The van der Waals surface area contributed by atoms with Crippen LogP contribution in [0.2, 0.25) is 0 Å². The maximum absolute atomic E-state index is 6.16. The van der Waals surface area contributed by atoms with Crippen LogP contribution in [0, 0.1) is 5.41 Å². The van der Waals surface area contributed by atoms with Crippen molar-refractivity contribution in [3.8, 4) is 0 Å². The van der Waals surface area contributed by atoms with Crippen molar-refractivity contribution in [3.63, 3.8) is 0 Å². The van der Waals surface area contributed by atoms with E-state index in [4.69, 9.17) is 5.73 Å². The number of nitrogens with two attached hydrogens (primary N) is 1. The summed E-state index contributed by atoms with van der Waals surface area (Å²) in [6, 6.07) is 0.276. The average Bonchev–Trinajstić information content (AvgIpc) is 2.46. The molecule has 1 aliphatic carbocycles. The largest absolute Gasteiger partial charge is 0.327 e. The first-order valence-electron chi connectivity index (χ1n) is 5.95. The smallest absolute Gasteiger partial charge is 0.0713 e. The van der Waals surface area contributed by atoms with E-state index in [-0.39, 0.29) is 16.9 Å². The van der Waals surface area contributed by atoms with Crippen LogP contribution in [0.5, 0.6) is 0 Å². The fourth-order valence-corrected chi connectivity index (χ4v) is 2.59. The molecule has 2 atom stereocenters. The van der Waals surface area contributed by atoms with Gasteiger partial charge >= 0.3 is 0 Å². The standard InChI is InChI=1S/C13H23N3/c1-12(2,3)11-8(7-16(6)15-11)9-10(14)13(9,4)5/h7,9-10H,14H2,1-6H3. The van der Waals surface area contributed by atoms with Gasteiger partial charge in [0, 0.05) is 30.6 Å². The van der Waals surface area contributed by atoms with Crippen LogP contribution >= 0.6 is 0 Å². The fourth-order valence-electron chi connectivity index (χ4n) is 2.59. The first-order valence-corrected chi connectivity index (χ1v) is 5.95. The first kappa shape index (κ1) is 11.6. The zero-order valence-electron chi connectivity index (χ0n) is 11.2. The Morgan fingerprint density at radius 1 is 1.38 bits per heavy atom. The molecule has 1 aromatic heterocycles. The maximum Gasteiger partial charge on any atom is 0.0713 e. The summed E-state index contributed by atoms with van der Waals surface area (Å²) < 4.78 is 1.91. The van der Waals surface area contributed by atoms with E-state index in [9.17, 15) is 0 Å². The van der Waals surface area contributed by atoms with Crippen LogP contribution in [0.25, 0.3) is 0 Å². The third-order valence-corrected chi connectivity index (χ3v) is 3.81. The van der Waals surface area contributed by atoms with Crippen molar-refractivity contribution in [1.82, 2.24) is 9.78 Å². The van der Waals surface area contributed by atoms with Gasteiger partial charge in [0.05, 0.1) is 5.69 Å². The molecule has 0 aromatic carbocycles. The summed E-state index contributed by atoms with van der Waals surface area (Å²) in [6.07, 6.45) is 2.14. The van der Waals surface area contributed by atoms with Crippen molar-refractivity contribution in [1.29, 1.82) is 0 Å². The molecule has 3 heteroatoms. The molecule has 1 saturated carbocycles. The molecule has 2 rings (SSSR count). The summed E-state index contributed by atoms with van der Waals surface area (Å²) in [7, 11) is 1.99. The van der Waals surface area contributed by atoms with Crippen LogP contribution < -0.4 is 5.73 Å². The summed E-state index contributed by atoms with van der Waals surface area (Å²) in [5.74, 6) is 0.468. The zero-order chi connectivity index (χ0) is 12.3. The van der Waals surface area contributed by atoms with E-state index in [2.05, 4.69) is 45.9 Å². The Kier molecular flexibility index (Phi) is 2.26. The summed E-state index contributed by atoms with van der Waals surface area (Å²) in [5.41, 5.74) is 9.01. The Morgan fingerprint density at radius 3 is 2.25 bits per heavy atom. The van der Waals surface area contributed by atoms with Crippen molar-refractivity contribution < 1.29 is 0 Å². The van der Waals surface area contributed by atoms with Crippen LogP contribution in [0.4, 0.5) is 0 Å². The van der Waals surface area contributed by atoms with Crippen molar-refractivity contribution in [2.24, 2.45) is 18.2 Å². The van der Waals surface area contributed by atoms with Crippen LogP contribution in [0.15, 0.2) is 6.20 Å². The number of aromatic nitrogens is 2. The summed E-state index contributed by atoms with van der Waals surface area (Å²) in [6.45, 7) is 11.1. The molecule has 0 amide bonds. The lowest BCUT2D eigenvalue weighted by molar-refractivity contribution is 0.542. The molecule has 16 heavy (non-hydrogen) atoms. The van der Waals surface area contributed by atoms with Gasteiger partial charge in [0.2, 0.25) is 0 Å². The van der Waals surface area contributed by atoms with Crippen LogP contribution in [0.3, 0.4) is 0 Å². The minimum Gasteiger partial charge on any atom is -0.327 e. The Labute approximate surface area is 98.0 Å². The second-order valence-corrected chi connectivity index (χ2v) is 6.68. The monoisotopic (exact) mass is 221 g/mol. The van der Waals surface area contributed by atoms with Gasteiger partial charge in [-0.3, -0.25) is 4.68 Å². The van der Waals surface area contributed by atoms with Crippen molar-refractivity contribution in [2.45, 2.75) is 52.0 Å². The molecule has 0 bridgehead atoms. The van der Waals surface area contributed by atoms with Crippen molar-refractivity contribution >= 4 is 0 Å². The normalized spacial score (nSPS) is 28.2. The van der Waals surface area contributed by atoms with Gasteiger partial charge < -0.3 is 5.73 Å². The highest BCUT2D eigenvalue weighted by Crippen LogP contribution is 2.58. The molecule has 1 aliphatic rings. The zero-order valence-corrected chi connectivity index (χ0v) is 11.2. The van der Waals surface area contributed by atoms with Crippen molar-refractivity contribution in [2.75, 3.05) is 0 Å². The van der Waals surface area contributed by atoms with E-state index in [1.54, 1.807) is 0 Å². The Morgan fingerprint density at radius 2 is 1.88 bits per heavy atom. The highest BCUT2D eigenvalue weighted by atomic mass is 15.3. The third-order valence-electron chi connectivity index (χ3n) is 3.81. The van der Waals surface area contributed by atoms with Gasteiger partial charge in [-0.2, -0.15) is 5.10 Å². The van der Waals surface area contributed by atoms with Gasteiger partial charge in [-0.05, 0) is 11.0 Å².